The lowest BCUT2D eigenvalue weighted by Crippen LogP contribution is -2.08. The summed E-state index contributed by atoms with van der Waals surface area (Å²) in [6, 6.07) is 23.3. The van der Waals surface area contributed by atoms with Gasteiger partial charge in [0.2, 0.25) is 0 Å². The highest BCUT2D eigenvalue weighted by Gasteiger charge is 2.22. The van der Waals surface area contributed by atoms with Crippen LogP contribution in [0.25, 0.3) is 16.6 Å². The Kier molecular flexibility index (Phi) is 6.73. The fraction of sp³-hybridized carbons (Fsp3) is 0.179. The maximum atomic E-state index is 12.9. The number of aromatic nitrogens is 4. The van der Waals surface area contributed by atoms with Crippen LogP contribution in [-0.2, 0) is 17.9 Å². The second-order valence-electron chi connectivity index (χ2n) is 8.35. The minimum atomic E-state index is -0.339. The molecule has 36 heavy (non-hydrogen) atoms. The van der Waals surface area contributed by atoms with Crippen molar-refractivity contribution >= 4 is 28.5 Å². The zero-order valence-corrected chi connectivity index (χ0v) is 20.8. The molecule has 0 aliphatic carbocycles. The van der Waals surface area contributed by atoms with E-state index in [1.165, 1.54) is 0 Å². The molecular formula is C28H25ClN4O3. The van der Waals surface area contributed by atoms with Crippen LogP contribution in [0.2, 0.25) is 5.02 Å². The first-order chi connectivity index (χ1) is 17.5. The van der Waals surface area contributed by atoms with E-state index in [1.807, 2.05) is 74.5 Å². The number of benzene rings is 3. The van der Waals surface area contributed by atoms with Crippen LogP contribution in [0.3, 0.4) is 0 Å². The zero-order chi connectivity index (χ0) is 25.1. The first-order valence-corrected chi connectivity index (χ1v) is 12.0. The minimum Gasteiger partial charge on any atom is -0.487 e. The van der Waals surface area contributed by atoms with E-state index in [0.717, 1.165) is 27.8 Å². The molecule has 8 heteroatoms. The highest BCUT2D eigenvalue weighted by atomic mass is 35.5. The molecule has 0 spiro atoms. The summed E-state index contributed by atoms with van der Waals surface area (Å²) < 4.78 is 15.2. The van der Waals surface area contributed by atoms with Crippen molar-refractivity contribution in [3.63, 3.8) is 0 Å². The Balaban J connectivity index is 1.43. The second-order valence-corrected chi connectivity index (χ2v) is 8.79. The molecule has 0 radical (unpaired) electrons. The lowest BCUT2D eigenvalue weighted by Gasteiger charge is -2.09. The summed E-state index contributed by atoms with van der Waals surface area (Å²) in [5.74, 6) is 0.288. The molecule has 0 saturated carbocycles. The molecule has 2 heterocycles. The van der Waals surface area contributed by atoms with Crippen molar-refractivity contribution in [3.8, 4) is 11.4 Å². The van der Waals surface area contributed by atoms with Crippen molar-refractivity contribution in [1.82, 2.24) is 19.6 Å². The molecule has 0 fully saturated rings. The number of halogens is 1. The lowest BCUT2D eigenvalue weighted by molar-refractivity contribution is 0.0527. The van der Waals surface area contributed by atoms with Crippen LogP contribution in [0.1, 0.15) is 34.2 Å². The normalized spacial score (nSPS) is 11.1. The molecule has 2 aromatic heterocycles. The van der Waals surface area contributed by atoms with Gasteiger partial charge in [0.05, 0.1) is 24.1 Å². The highest BCUT2D eigenvalue weighted by molar-refractivity contribution is 6.30. The summed E-state index contributed by atoms with van der Waals surface area (Å²) in [6.07, 6.45) is 1.80. The molecule has 182 valence electrons. The summed E-state index contributed by atoms with van der Waals surface area (Å²) in [5, 5.41) is 9.79. The van der Waals surface area contributed by atoms with Gasteiger partial charge in [-0.3, -0.25) is 0 Å². The summed E-state index contributed by atoms with van der Waals surface area (Å²) in [4.78, 5) is 12.9. The van der Waals surface area contributed by atoms with Crippen LogP contribution >= 0.6 is 11.6 Å². The lowest BCUT2D eigenvalue weighted by atomic mass is 10.1. The topological polar surface area (TPSA) is 71.2 Å². The van der Waals surface area contributed by atoms with E-state index in [-0.39, 0.29) is 12.6 Å². The van der Waals surface area contributed by atoms with Crippen LogP contribution in [-0.4, -0.2) is 32.1 Å². The van der Waals surface area contributed by atoms with Crippen molar-refractivity contribution in [2.24, 2.45) is 0 Å². The Hall–Kier alpha value is -4.10. The molecular weight excluding hydrogens is 476 g/mol. The molecule has 0 aliphatic heterocycles. The van der Waals surface area contributed by atoms with Crippen LogP contribution in [0, 0.1) is 6.92 Å². The van der Waals surface area contributed by atoms with Crippen LogP contribution < -0.4 is 4.74 Å². The number of carbonyl (C=O) groups is 1. The van der Waals surface area contributed by atoms with Crippen LogP contribution in [0.4, 0.5) is 0 Å². The van der Waals surface area contributed by atoms with E-state index in [2.05, 4.69) is 27.0 Å². The smallest absolute Gasteiger partial charge is 0.340 e. The zero-order valence-electron chi connectivity index (χ0n) is 20.0. The third-order valence-electron chi connectivity index (χ3n) is 5.96. The van der Waals surface area contributed by atoms with Crippen LogP contribution in [0.15, 0.2) is 79.0 Å². The van der Waals surface area contributed by atoms with Gasteiger partial charge in [0.15, 0.2) is 0 Å². The molecule has 0 unspecified atom stereocenters. The van der Waals surface area contributed by atoms with Gasteiger partial charge in [-0.15, -0.1) is 5.10 Å². The maximum absolute atomic E-state index is 12.9. The Morgan fingerprint density at radius 3 is 2.64 bits per heavy atom. The van der Waals surface area contributed by atoms with Gasteiger partial charge >= 0.3 is 5.97 Å². The summed E-state index contributed by atoms with van der Waals surface area (Å²) in [7, 11) is 0. The fourth-order valence-corrected chi connectivity index (χ4v) is 4.43. The molecule has 3 aromatic carbocycles. The summed E-state index contributed by atoms with van der Waals surface area (Å²) >= 11 is 6.08. The first-order valence-electron chi connectivity index (χ1n) is 11.7. The number of nitrogens with zero attached hydrogens (tertiary/aromatic N) is 4. The number of rotatable bonds is 8. The average molecular weight is 501 g/mol. The van der Waals surface area contributed by atoms with Crippen molar-refractivity contribution < 1.29 is 14.3 Å². The molecule has 0 N–H and O–H groups in total. The number of hydrogen-bond acceptors (Lipinski definition) is 5. The Morgan fingerprint density at radius 1 is 1.03 bits per heavy atom. The van der Waals surface area contributed by atoms with E-state index < -0.39 is 0 Å². The van der Waals surface area contributed by atoms with E-state index in [4.69, 9.17) is 21.1 Å². The molecule has 5 rings (SSSR count). The van der Waals surface area contributed by atoms with Gasteiger partial charge in [0, 0.05) is 28.2 Å². The molecule has 0 saturated heterocycles. The quantitative estimate of drug-likeness (QED) is 0.245. The second kappa shape index (κ2) is 10.3. The molecule has 0 amide bonds. The predicted octanol–water partition coefficient (Wildman–Crippen LogP) is 5.99. The van der Waals surface area contributed by atoms with Gasteiger partial charge in [-0.2, -0.15) is 0 Å². The van der Waals surface area contributed by atoms with Crippen molar-refractivity contribution in [1.29, 1.82) is 0 Å². The third kappa shape index (κ3) is 4.83. The van der Waals surface area contributed by atoms with Crippen molar-refractivity contribution in [2.45, 2.75) is 27.0 Å². The standard InChI is InChI=1S/C28H25ClN4O3/c1-3-35-28(34)27-19(2)32(16-20-8-5-4-6-9-20)26-13-12-24(15-25(26)27)36-18-22-17-33(31-30-22)23-11-7-10-21(29)14-23/h4-15,17H,3,16,18H2,1-2H3. The van der Waals surface area contributed by atoms with Crippen molar-refractivity contribution in [3.05, 3.63) is 107 Å². The SMILES string of the molecule is CCOC(=O)c1c(C)n(Cc2ccccc2)c2ccc(OCc3cn(-c4cccc(Cl)c4)nn3)cc12. The predicted molar refractivity (Wildman–Crippen MR) is 139 cm³/mol. The molecule has 0 bridgehead atoms. The largest absolute Gasteiger partial charge is 0.487 e. The fourth-order valence-electron chi connectivity index (χ4n) is 4.25. The molecule has 0 aliphatic rings. The van der Waals surface area contributed by atoms with Gasteiger partial charge < -0.3 is 14.0 Å². The van der Waals surface area contributed by atoms with E-state index in [0.29, 0.717) is 35.2 Å². The van der Waals surface area contributed by atoms with E-state index in [1.54, 1.807) is 10.9 Å². The Labute approximate surface area is 213 Å². The highest BCUT2D eigenvalue weighted by Crippen LogP contribution is 2.31. The summed E-state index contributed by atoms with van der Waals surface area (Å²) in [6.45, 7) is 4.94. The number of carbonyl (C=O) groups excluding carboxylic acids is 1. The van der Waals surface area contributed by atoms with Gasteiger partial charge in [0.1, 0.15) is 18.1 Å². The number of esters is 1. The van der Waals surface area contributed by atoms with E-state index in [9.17, 15) is 4.79 Å². The monoisotopic (exact) mass is 500 g/mol. The molecule has 5 aromatic rings. The number of ether oxygens (including phenoxy) is 2. The third-order valence-corrected chi connectivity index (χ3v) is 6.19. The van der Waals surface area contributed by atoms with Gasteiger partial charge in [0.25, 0.3) is 0 Å². The van der Waals surface area contributed by atoms with Crippen LogP contribution in [0.5, 0.6) is 5.75 Å². The molecule has 7 nitrogen and oxygen atoms in total. The average Bonchev–Trinajstić information content (AvgIpc) is 3.46. The Bertz CT molecular complexity index is 1520. The maximum Gasteiger partial charge on any atom is 0.340 e. The van der Waals surface area contributed by atoms with Gasteiger partial charge in [-0.05, 0) is 55.8 Å². The van der Waals surface area contributed by atoms with Gasteiger partial charge in [-0.1, -0.05) is 53.2 Å². The number of fused-ring (bicyclic) bond motifs is 1. The Morgan fingerprint density at radius 2 is 1.86 bits per heavy atom. The van der Waals surface area contributed by atoms with Gasteiger partial charge in [-0.25, -0.2) is 9.48 Å². The first kappa shape index (κ1) is 23.6. The summed E-state index contributed by atoms with van der Waals surface area (Å²) in [5.41, 5.74) is 4.99. The minimum absolute atomic E-state index is 0.227. The number of hydrogen-bond donors (Lipinski definition) is 0. The van der Waals surface area contributed by atoms with E-state index >= 15 is 0 Å². The van der Waals surface area contributed by atoms with Crippen molar-refractivity contribution in [2.75, 3.05) is 6.61 Å². The molecule has 0 atom stereocenters.